The number of nitrogens with one attached hydrogen (secondary N) is 1. The summed E-state index contributed by atoms with van der Waals surface area (Å²) in [5.74, 6) is -0.312. The third-order valence-electron chi connectivity index (χ3n) is 2.54. The molecule has 0 aromatic carbocycles. The lowest BCUT2D eigenvalue weighted by Gasteiger charge is -2.43. The summed E-state index contributed by atoms with van der Waals surface area (Å²) in [6.07, 6.45) is 0. The van der Waals surface area contributed by atoms with Crippen molar-refractivity contribution in [2.75, 3.05) is 13.1 Å². The molecule has 0 radical (unpaired) electrons. The standard InChI is InChI=1S/C9H18N2O3S/c1-7(2)10-5-6-11-8(12)9(3,4)15(11,13)14/h7,10H,5-6H2,1-4H3. The Morgan fingerprint density at radius 1 is 1.40 bits per heavy atom. The third kappa shape index (κ3) is 1.88. The van der Waals surface area contributed by atoms with Gasteiger partial charge in [-0.15, -0.1) is 0 Å². The van der Waals surface area contributed by atoms with E-state index in [0.29, 0.717) is 6.54 Å². The molecule has 0 aromatic rings. The quantitative estimate of drug-likeness (QED) is 0.740. The van der Waals surface area contributed by atoms with Crippen molar-refractivity contribution >= 4 is 15.9 Å². The van der Waals surface area contributed by atoms with E-state index in [1.165, 1.54) is 13.8 Å². The Bertz CT molecular complexity index is 360. The van der Waals surface area contributed by atoms with Crippen molar-refractivity contribution in [2.45, 2.75) is 38.5 Å². The number of nitrogens with zero attached hydrogens (tertiary/aromatic N) is 1. The van der Waals surface area contributed by atoms with Crippen molar-refractivity contribution in [3.63, 3.8) is 0 Å². The Kier molecular flexibility index (Phi) is 3.11. The summed E-state index contributed by atoms with van der Waals surface area (Å²) < 4.78 is 23.0. The minimum atomic E-state index is -3.40. The maximum atomic E-state index is 11.6. The monoisotopic (exact) mass is 234 g/mol. The third-order valence-corrected chi connectivity index (χ3v) is 4.94. The lowest BCUT2D eigenvalue weighted by molar-refractivity contribution is -0.132. The molecule has 0 atom stereocenters. The van der Waals surface area contributed by atoms with E-state index in [9.17, 15) is 13.2 Å². The summed E-state index contributed by atoms with van der Waals surface area (Å²) >= 11 is 0. The molecule has 6 heteroatoms. The summed E-state index contributed by atoms with van der Waals surface area (Å²) in [5, 5.41) is 3.07. The molecule has 0 aliphatic carbocycles. The molecule has 0 aromatic heterocycles. The van der Waals surface area contributed by atoms with Gasteiger partial charge >= 0.3 is 0 Å². The molecule has 5 nitrogen and oxygen atoms in total. The zero-order chi connectivity index (χ0) is 11.9. The van der Waals surface area contributed by atoms with Gasteiger partial charge in [0.25, 0.3) is 15.9 Å². The minimum absolute atomic E-state index is 0.225. The molecule has 88 valence electrons. The van der Waals surface area contributed by atoms with Crippen molar-refractivity contribution in [1.29, 1.82) is 0 Å². The van der Waals surface area contributed by atoms with Crippen molar-refractivity contribution in [1.82, 2.24) is 9.62 Å². The summed E-state index contributed by atoms with van der Waals surface area (Å²) in [4.78, 5) is 11.5. The van der Waals surface area contributed by atoms with E-state index in [-0.39, 0.29) is 18.5 Å². The first-order valence-corrected chi connectivity index (χ1v) is 6.45. The SMILES string of the molecule is CC(C)NCCN1C(=O)C(C)(C)S1(=O)=O. The van der Waals surface area contributed by atoms with Crippen molar-refractivity contribution in [2.24, 2.45) is 0 Å². The Morgan fingerprint density at radius 3 is 2.33 bits per heavy atom. The van der Waals surface area contributed by atoms with E-state index >= 15 is 0 Å². The molecule has 1 fully saturated rings. The minimum Gasteiger partial charge on any atom is -0.313 e. The normalized spacial score (nSPS) is 23.0. The average molecular weight is 234 g/mol. The van der Waals surface area contributed by atoms with E-state index in [4.69, 9.17) is 0 Å². The molecule has 0 unspecified atom stereocenters. The van der Waals surface area contributed by atoms with Crippen molar-refractivity contribution < 1.29 is 13.2 Å². The van der Waals surface area contributed by atoms with E-state index in [1.54, 1.807) is 0 Å². The molecular weight excluding hydrogens is 216 g/mol. The lowest BCUT2D eigenvalue weighted by Crippen LogP contribution is -2.68. The summed E-state index contributed by atoms with van der Waals surface area (Å²) in [6.45, 7) is 7.54. The number of rotatable bonds is 4. The van der Waals surface area contributed by atoms with Gasteiger partial charge in [0.1, 0.15) is 0 Å². The van der Waals surface area contributed by atoms with Crippen LogP contribution in [-0.4, -0.2) is 42.5 Å². The van der Waals surface area contributed by atoms with Gasteiger partial charge in [-0.25, -0.2) is 12.7 Å². The first-order valence-electron chi connectivity index (χ1n) is 5.01. The zero-order valence-corrected chi connectivity index (χ0v) is 10.4. The fourth-order valence-corrected chi connectivity index (χ4v) is 2.96. The number of carbonyl (C=O) groups is 1. The molecule has 1 amide bonds. The molecule has 0 bridgehead atoms. The highest BCUT2D eigenvalue weighted by Crippen LogP contribution is 2.34. The van der Waals surface area contributed by atoms with E-state index in [2.05, 4.69) is 5.32 Å². The van der Waals surface area contributed by atoms with E-state index in [0.717, 1.165) is 4.31 Å². The lowest BCUT2D eigenvalue weighted by atomic mass is 10.2. The van der Waals surface area contributed by atoms with Gasteiger partial charge in [0, 0.05) is 19.1 Å². The molecule has 0 spiro atoms. The zero-order valence-electron chi connectivity index (χ0n) is 9.57. The highest BCUT2D eigenvalue weighted by atomic mass is 32.2. The fraction of sp³-hybridized carbons (Fsp3) is 0.889. The van der Waals surface area contributed by atoms with Gasteiger partial charge in [-0.05, 0) is 13.8 Å². The van der Waals surface area contributed by atoms with Crippen LogP contribution in [0, 0.1) is 0 Å². The molecule has 1 heterocycles. The van der Waals surface area contributed by atoms with Crippen LogP contribution >= 0.6 is 0 Å². The van der Waals surface area contributed by atoms with Crippen LogP contribution in [0.1, 0.15) is 27.7 Å². The van der Waals surface area contributed by atoms with Gasteiger partial charge in [-0.1, -0.05) is 13.8 Å². The van der Waals surface area contributed by atoms with Crippen molar-refractivity contribution in [3.8, 4) is 0 Å². The van der Waals surface area contributed by atoms with Gasteiger partial charge in [0.05, 0.1) is 0 Å². The van der Waals surface area contributed by atoms with Crippen molar-refractivity contribution in [3.05, 3.63) is 0 Å². The molecule has 1 saturated heterocycles. The Labute approximate surface area is 90.9 Å². The molecular formula is C9H18N2O3S. The number of amides is 1. The van der Waals surface area contributed by atoms with E-state index in [1.807, 2.05) is 13.8 Å². The first kappa shape index (κ1) is 12.4. The summed E-state index contributed by atoms with van der Waals surface area (Å²) in [6, 6.07) is 0.289. The largest absolute Gasteiger partial charge is 0.313 e. The maximum Gasteiger partial charge on any atom is 0.258 e. The van der Waals surface area contributed by atoms with Gasteiger partial charge in [-0.3, -0.25) is 4.79 Å². The predicted octanol–water partition coefficient (Wildman–Crippen LogP) is -0.0650. The second-order valence-electron chi connectivity index (χ2n) is 4.50. The summed E-state index contributed by atoms with van der Waals surface area (Å²) in [7, 11) is -3.40. The Morgan fingerprint density at radius 2 is 1.93 bits per heavy atom. The smallest absolute Gasteiger partial charge is 0.258 e. The number of hydrogen-bond donors (Lipinski definition) is 1. The second-order valence-corrected chi connectivity index (χ2v) is 6.91. The Balaban J connectivity index is 2.57. The highest BCUT2D eigenvalue weighted by molar-refractivity contribution is 7.94. The molecule has 1 rings (SSSR count). The summed E-state index contributed by atoms with van der Waals surface area (Å²) in [5.41, 5.74) is 0. The first-order chi connectivity index (χ1) is 6.71. The number of hydrogen-bond acceptors (Lipinski definition) is 4. The van der Waals surface area contributed by atoms with E-state index < -0.39 is 14.8 Å². The molecule has 1 aliphatic heterocycles. The van der Waals surface area contributed by atoms with Gasteiger partial charge in [0.2, 0.25) is 0 Å². The van der Waals surface area contributed by atoms with Crippen LogP contribution in [0.3, 0.4) is 0 Å². The predicted molar refractivity (Wildman–Crippen MR) is 57.9 cm³/mol. The topological polar surface area (TPSA) is 66.5 Å². The fourth-order valence-electron chi connectivity index (χ4n) is 1.43. The second kappa shape index (κ2) is 3.75. The average Bonchev–Trinajstić information content (AvgIpc) is 2.10. The van der Waals surface area contributed by atoms with Gasteiger partial charge < -0.3 is 5.32 Å². The van der Waals surface area contributed by atoms with Gasteiger partial charge in [-0.2, -0.15) is 0 Å². The van der Waals surface area contributed by atoms with Crippen LogP contribution in [0.5, 0.6) is 0 Å². The van der Waals surface area contributed by atoms with Crippen LogP contribution in [0.4, 0.5) is 0 Å². The van der Waals surface area contributed by atoms with Gasteiger partial charge in [0.15, 0.2) is 4.75 Å². The number of carbonyl (C=O) groups excluding carboxylic acids is 1. The molecule has 0 saturated carbocycles. The van der Waals surface area contributed by atoms with Crippen LogP contribution < -0.4 is 5.32 Å². The maximum absolute atomic E-state index is 11.6. The molecule has 1 N–H and O–H groups in total. The van der Waals surface area contributed by atoms with Crippen LogP contribution in [0.15, 0.2) is 0 Å². The molecule has 15 heavy (non-hydrogen) atoms. The van der Waals surface area contributed by atoms with Crippen LogP contribution in [-0.2, 0) is 14.8 Å². The highest BCUT2D eigenvalue weighted by Gasteiger charge is 2.59. The van der Waals surface area contributed by atoms with Crippen LogP contribution in [0.2, 0.25) is 0 Å². The van der Waals surface area contributed by atoms with Crippen LogP contribution in [0.25, 0.3) is 0 Å². The molecule has 1 aliphatic rings. The number of sulfonamides is 1. The Hall–Kier alpha value is -0.620.